The van der Waals surface area contributed by atoms with Gasteiger partial charge in [-0.3, -0.25) is 9.00 Å². The predicted molar refractivity (Wildman–Crippen MR) is 79.1 cm³/mol. The highest BCUT2D eigenvalue weighted by molar-refractivity contribution is 7.91. The molecule has 2 N–H and O–H groups in total. The Morgan fingerprint density at radius 1 is 1.38 bits per heavy atom. The van der Waals surface area contributed by atoms with Crippen LogP contribution in [0.1, 0.15) is 32.6 Å². The Hall–Kier alpha value is -0.960. The molecular formula is C12H21NO6S2. The van der Waals surface area contributed by atoms with Crippen molar-refractivity contribution in [2.45, 2.75) is 49.1 Å². The van der Waals surface area contributed by atoms with Crippen LogP contribution in [0.15, 0.2) is 0 Å². The van der Waals surface area contributed by atoms with E-state index in [1.807, 2.05) is 0 Å². The molecule has 1 fully saturated rings. The average molecular weight is 339 g/mol. The van der Waals surface area contributed by atoms with Gasteiger partial charge in [0.05, 0.1) is 11.0 Å². The van der Waals surface area contributed by atoms with Gasteiger partial charge in [0.15, 0.2) is 0 Å². The first kappa shape index (κ1) is 18.1. The van der Waals surface area contributed by atoms with Crippen molar-refractivity contribution in [3.63, 3.8) is 0 Å². The number of nitrogens with one attached hydrogen (secondary N) is 1. The van der Waals surface area contributed by atoms with Crippen molar-refractivity contribution in [1.82, 2.24) is 5.32 Å². The van der Waals surface area contributed by atoms with Gasteiger partial charge < -0.3 is 10.4 Å². The summed E-state index contributed by atoms with van der Waals surface area (Å²) in [5, 5.41) is 10.4. The Morgan fingerprint density at radius 3 is 2.48 bits per heavy atom. The minimum Gasteiger partial charge on any atom is -0.480 e. The molecule has 0 aromatic carbocycles. The van der Waals surface area contributed by atoms with E-state index in [1.165, 1.54) is 13.2 Å². The lowest BCUT2D eigenvalue weighted by molar-refractivity contribution is -0.140. The molecule has 21 heavy (non-hydrogen) atoms. The van der Waals surface area contributed by atoms with Crippen LogP contribution in [0.4, 0.5) is 0 Å². The minimum atomic E-state index is -3.18. The second-order valence-corrected chi connectivity index (χ2v) is 9.47. The molecule has 4 atom stereocenters. The van der Waals surface area contributed by atoms with Gasteiger partial charge in [0.25, 0.3) is 0 Å². The number of carboxylic acid groups (broad SMARTS) is 1. The van der Waals surface area contributed by atoms with E-state index in [9.17, 15) is 22.2 Å². The lowest BCUT2D eigenvalue weighted by Crippen LogP contribution is -2.45. The number of rotatable bonds is 6. The lowest BCUT2D eigenvalue weighted by Gasteiger charge is -2.28. The van der Waals surface area contributed by atoms with E-state index in [0.717, 1.165) is 0 Å². The van der Waals surface area contributed by atoms with Gasteiger partial charge in [0.1, 0.15) is 15.9 Å². The monoisotopic (exact) mass is 339 g/mol. The minimum absolute atomic E-state index is 0.198. The van der Waals surface area contributed by atoms with E-state index in [4.69, 9.17) is 5.11 Å². The van der Waals surface area contributed by atoms with Gasteiger partial charge in [-0.05, 0) is 19.3 Å². The van der Waals surface area contributed by atoms with Crippen molar-refractivity contribution in [2.75, 3.05) is 12.0 Å². The number of hydrogen-bond acceptors (Lipinski definition) is 5. The molecule has 122 valence electrons. The normalized spacial score (nSPS) is 25.8. The van der Waals surface area contributed by atoms with E-state index in [-0.39, 0.29) is 17.4 Å². The van der Waals surface area contributed by atoms with Crippen LogP contribution in [0.25, 0.3) is 0 Å². The van der Waals surface area contributed by atoms with Gasteiger partial charge in [-0.25, -0.2) is 13.2 Å². The number of hydrogen-bond donors (Lipinski definition) is 2. The van der Waals surface area contributed by atoms with E-state index < -0.39 is 43.8 Å². The van der Waals surface area contributed by atoms with E-state index in [1.54, 1.807) is 0 Å². The Balaban J connectivity index is 2.69. The molecule has 0 radical (unpaired) electrons. The van der Waals surface area contributed by atoms with Crippen LogP contribution in [0.3, 0.4) is 0 Å². The van der Waals surface area contributed by atoms with Gasteiger partial charge in [0.2, 0.25) is 5.91 Å². The maximum Gasteiger partial charge on any atom is 0.327 e. The third-order valence-electron chi connectivity index (χ3n) is 3.56. The van der Waals surface area contributed by atoms with Gasteiger partial charge in [-0.2, -0.15) is 0 Å². The number of carboxylic acids is 1. The molecule has 1 amide bonds. The molecule has 9 heteroatoms. The van der Waals surface area contributed by atoms with Crippen molar-refractivity contribution >= 4 is 32.5 Å². The molecule has 0 aromatic heterocycles. The number of sulfone groups is 1. The molecule has 0 saturated heterocycles. The summed E-state index contributed by atoms with van der Waals surface area (Å²) in [4.78, 5) is 22.0. The molecule has 1 rings (SSSR count). The molecule has 0 bridgehead atoms. The largest absolute Gasteiger partial charge is 0.480 e. The molecule has 0 spiro atoms. The number of carbonyl (C=O) groups is 2. The van der Waals surface area contributed by atoms with Crippen LogP contribution in [-0.4, -0.2) is 58.2 Å². The fourth-order valence-corrected chi connectivity index (χ4v) is 5.45. The standard InChI is InChI=1S/C12H21NO6S2/c1-8(14)13-11(12(15)16)7-20(17)9-4-3-5-10(6-9)21(2,18)19/h9-11H,3-7H2,1-2H3,(H,13,14)(H,15,16)/t9?,10?,11-,20?/m0/s1. The van der Waals surface area contributed by atoms with Crippen molar-refractivity contribution in [3.8, 4) is 0 Å². The summed E-state index contributed by atoms with van der Waals surface area (Å²) in [6.45, 7) is 1.19. The summed E-state index contributed by atoms with van der Waals surface area (Å²) in [6, 6.07) is -1.21. The van der Waals surface area contributed by atoms with Gasteiger partial charge in [-0.15, -0.1) is 0 Å². The summed E-state index contributed by atoms with van der Waals surface area (Å²) in [7, 11) is -4.67. The molecule has 3 unspecified atom stereocenters. The summed E-state index contributed by atoms with van der Waals surface area (Å²) >= 11 is 0. The Morgan fingerprint density at radius 2 is 2.00 bits per heavy atom. The van der Waals surface area contributed by atoms with Gasteiger partial charge in [-0.1, -0.05) is 6.42 Å². The molecular weight excluding hydrogens is 318 g/mol. The second-order valence-electron chi connectivity index (χ2n) is 5.38. The average Bonchev–Trinajstić information content (AvgIpc) is 2.36. The number of amides is 1. The van der Waals surface area contributed by atoms with Gasteiger partial charge in [0, 0.05) is 29.2 Å². The highest BCUT2D eigenvalue weighted by Crippen LogP contribution is 2.27. The van der Waals surface area contributed by atoms with Crippen molar-refractivity contribution in [2.24, 2.45) is 0 Å². The SMILES string of the molecule is CC(=O)N[C@@H](CS(=O)C1CCCC(S(C)(=O)=O)C1)C(=O)O. The summed E-state index contributed by atoms with van der Waals surface area (Å²) < 4.78 is 35.4. The fourth-order valence-electron chi connectivity index (χ4n) is 2.45. The Labute approximate surface area is 126 Å². The molecule has 1 aliphatic rings. The smallest absolute Gasteiger partial charge is 0.327 e. The zero-order valence-corrected chi connectivity index (χ0v) is 13.7. The van der Waals surface area contributed by atoms with E-state index in [2.05, 4.69) is 5.32 Å². The lowest BCUT2D eigenvalue weighted by atomic mass is 10.00. The highest BCUT2D eigenvalue weighted by atomic mass is 32.2. The van der Waals surface area contributed by atoms with Crippen LogP contribution in [-0.2, 0) is 30.2 Å². The Bertz CT molecular complexity index is 530. The van der Waals surface area contributed by atoms with E-state index in [0.29, 0.717) is 19.3 Å². The van der Waals surface area contributed by atoms with Crippen molar-refractivity contribution < 1.29 is 27.3 Å². The van der Waals surface area contributed by atoms with Crippen LogP contribution in [0, 0.1) is 0 Å². The van der Waals surface area contributed by atoms with Crippen LogP contribution >= 0.6 is 0 Å². The zero-order valence-electron chi connectivity index (χ0n) is 12.1. The van der Waals surface area contributed by atoms with Crippen molar-refractivity contribution in [3.05, 3.63) is 0 Å². The topological polar surface area (TPSA) is 118 Å². The molecule has 1 aliphatic carbocycles. The number of aliphatic carboxylic acids is 1. The number of carbonyl (C=O) groups excluding carboxylic acids is 1. The quantitative estimate of drug-likeness (QED) is 0.685. The first-order valence-corrected chi connectivity index (χ1v) is 10.0. The maximum absolute atomic E-state index is 12.3. The third kappa shape index (κ3) is 5.74. The fraction of sp³-hybridized carbons (Fsp3) is 0.833. The maximum atomic E-state index is 12.3. The predicted octanol–water partition coefficient (Wildman–Crippen LogP) is -0.320. The molecule has 7 nitrogen and oxygen atoms in total. The molecule has 0 heterocycles. The molecule has 0 aliphatic heterocycles. The first-order valence-electron chi connectivity index (χ1n) is 6.67. The Kier molecular flexibility index (Phi) is 6.33. The summed E-state index contributed by atoms with van der Waals surface area (Å²) in [5.74, 6) is -1.94. The summed E-state index contributed by atoms with van der Waals surface area (Å²) in [6.07, 6.45) is 3.29. The summed E-state index contributed by atoms with van der Waals surface area (Å²) in [5.41, 5.74) is 0. The second kappa shape index (κ2) is 7.35. The highest BCUT2D eigenvalue weighted by Gasteiger charge is 2.33. The van der Waals surface area contributed by atoms with Crippen LogP contribution in [0.2, 0.25) is 0 Å². The van der Waals surface area contributed by atoms with Gasteiger partial charge >= 0.3 is 5.97 Å². The van der Waals surface area contributed by atoms with Crippen LogP contribution in [0.5, 0.6) is 0 Å². The molecule has 1 saturated carbocycles. The zero-order chi connectivity index (χ0) is 16.2. The third-order valence-corrected chi connectivity index (χ3v) is 7.03. The molecule has 0 aromatic rings. The van der Waals surface area contributed by atoms with Crippen molar-refractivity contribution in [1.29, 1.82) is 0 Å². The van der Waals surface area contributed by atoms with E-state index >= 15 is 0 Å². The first-order chi connectivity index (χ1) is 9.61. The van der Waals surface area contributed by atoms with Crippen LogP contribution < -0.4 is 5.32 Å².